The molecule has 19 heavy (non-hydrogen) atoms. The van der Waals surface area contributed by atoms with Crippen LogP contribution in [0, 0.1) is 5.92 Å². The highest BCUT2D eigenvalue weighted by molar-refractivity contribution is 7.99. The average molecular weight is 289 g/mol. The fraction of sp³-hybridized carbons (Fsp3) is 0.846. The molecule has 0 spiro atoms. The van der Waals surface area contributed by atoms with Crippen LogP contribution >= 0.6 is 11.8 Å². The first-order valence-corrected chi connectivity index (χ1v) is 7.96. The molecule has 0 aromatic carbocycles. The second-order valence-electron chi connectivity index (χ2n) is 5.45. The third-order valence-electron chi connectivity index (χ3n) is 4.10. The SMILES string of the molecule is O=C(NC1(C(=O)O)CCSCC1)C1CCCC(F)C1. The van der Waals surface area contributed by atoms with Crippen LogP contribution in [0.4, 0.5) is 4.39 Å². The quantitative estimate of drug-likeness (QED) is 0.834. The molecule has 2 N–H and O–H groups in total. The van der Waals surface area contributed by atoms with E-state index in [2.05, 4.69) is 5.32 Å². The number of thioether (sulfide) groups is 1. The Kier molecular flexibility index (Phi) is 4.71. The summed E-state index contributed by atoms with van der Waals surface area (Å²) in [5.74, 6) is -0.133. The summed E-state index contributed by atoms with van der Waals surface area (Å²) in [5, 5.41) is 12.1. The Morgan fingerprint density at radius 1 is 1.26 bits per heavy atom. The van der Waals surface area contributed by atoms with E-state index in [1.165, 1.54) is 0 Å². The molecule has 4 nitrogen and oxygen atoms in total. The van der Waals surface area contributed by atoms with Crippen molar-refractivity contribution in [1.82, 2.24) is 5.32 Å². The van der Waals surface area contributed by atoms with E-state index in [0.29, 0.717) is 32.1 Å². The maximum absolute atomic E-state index is 13.3. The molecule has 1 heterocycles. The number of aliphatic carboxylic acids is 1. The van der Waals surface area contributed by atoms with Crippen LogP contribution in [0.1, 0.15) is 38.5 Å². The van der Waals surface area contributed by atoms with Gasteiger partial charge in [-0.25, -0.2) is 9.18 Å². The summed E-state index contributed by atoms with van der Waals surface area (Å²) in [6.07, 6.45) is 2.09. The van der Waals surface area contributed by atoms with Gasteiger partial charge in [-0.1, -0.05) is 0 Å². The third kappa shape index (κ3) is 3.41. The molecule has 2 rings (SSSR count). The van der Waals surface area contributed by atoms with Crippen molar-refractivity contribution >= 4 is 23.6 Å². The lowest BCUT2D eigenvalue weighted by atomic mass is 9.85. The van der Waals surface area contributed by atoms with Gasteiger partial charge in [-0.05, 0) is 50.0 Å². The van der Waals surface area contributed by atoms with Crippen LogP contribution < -0.4 is 5.32 Å². The molecule has 2 aliphatic rings. The monoisotopic (exact) mass is 289 g/mol. The first-order valence-electron chi connectivity index (χ1n) is 6.81. The summed E-state index contributed by atoms with van der Waals surface area (Å²) in [6, 6.07) is 0. The van der Waals surface area contributed by atoms with Gasteiger partial charge in [-0.2, -0.15) is 11.8 Å². The number of hydrogen-bond acceptors (Lipinski definition) is 3. The number of amides is 1. The van der Waals surface area contributed by atoms with Gasteiger partial charge in [0, 0.05) is 5.92 Å². The Morgan fingerprint density at radius 3 is 2.53 bits per heavy atom. The molecular weight excluding hydrogens is 269 g/mol. The van der Waals surface area contributed by atoms with Crippen LogP contribution in [-0.4, -0.2) is 40.2 Å². The second-order valence-corrected chi connectivity index (χ2v) is 6.67. The van der Waals surface area contributed by atoms with Gasteiger partial charge in [-0.15, -0.1) is 0 Å². The van der Waals surface area contributed by atoms with Crippen molar-refractivity contribution in [2.24, 2.45) is 5.92 Å². The molecule has 0 aromatic rings. The van der Waals surface area contributed by atoms with Crippen molar-refractivity contribution in [3.63, 3.8) is 0 Å². The molecule has 1 amide bonds. The van der Waals surface area contributed by atoms with Gasteiger partial charge in [0.25, 0.3) is 0 Å². The van der Waals surface area contributed by atoms with Crippen LogP contribution in [0.15, 0.2) is 0 Å². The average Bonchev–Trinajstić information content (AvgIpc) is 2.39. The molecular formula is C13H20FNO3S. The van der Waals surface area contributed by atoms with Gasteiger partial charge >= 0.3 is 5.97 Å². The van der Waals surface area contributed by atoms with Crippen molar-refractivity contribution in [1.29, 1.82) is 0 Å². The van der Waals surface area contributed by atoms with Gasteiger partial charge in [0.1, 0.15) is 11.7 Å². The van der Waals surface area contributed by atoms with Crippen molar-refractivity contribution in [3.8, 4) is 0 Å². The van der Waals surface area contributed by atoms with E-state index in [0.717, 1.165) is 11.5 Å². The summed E-state index contributed by atoms with van der Waals surface area (Å²) >= 11 is 1.70. The maximum Gasteiger partial charge on any atom is 0.329 e. The predicted molar refractivity (Wildman–Crippen MR) is 71.9 cm³/mol. The zero-order chi connectivity index (χ0) is 13.9. The number of rotatable bonds is 3. The van der Waals surface area contributed by atoms with Crippen LogP contribution in [0.2, 0.25) is 0 Å². The molecule has 1 saturated carbocycles. The van der Waals surface area contributed by atoms with Gasteiger partial charge < -0.3 is 10.4 Å². The minimum absolute atomic E-state index is 0.232. The smallest absolute Gasteiger partial charge is 0.329 e. The molecule has 1 aliphatic carbocycles. The van der Waals surface area contributed by atoms with Crippen LogP contribution in [0.25, 0.3) is 0 Å². The summed E-state index contributed by atoms with van der Waals surface area (Å²) in [7, 11) is 0. The number of carbonyl (C=O) groups excluding carboxylic acids is 1. The highest BCUT2D eigenvalue weighted by Gasteiger charge is 2.42. The number of alkyl halides is 1. The van der Waals surface area contributed by atoms with E-state index < -0.39 is 17.7 Å². The lowest BCUT2D eigenvalue weighted by Crippen LogP contribution is -2.58. The van der Waals surface area contributed by atoms with E-state index in [-0.39, 0.29) is 18.2 Å². The van der Waals surface area contributed by atoms with E-state index >= 15 is 0 Å². The van der Waals surface area contributed by atoms with Gasteiger partial charge in [0.2, 0.25) is 5.91 Å². The molecule has 0 aromatic heterocycles. The fourth-order valence-corrected chi connectivity index (χ4v) is 4.01. The molecule has 1 saturated heterocycles. The molecule has 1 aliphatic heterocycles. The normalized spacial score (nSPS) is 30.6. The summed E-state index contributed by atoms with van der Waals surface area (Å²) < 4.78 is 13.3. The van der Waals surface area contributed by atoms with Crippen molar-refractivity contribution in [2.45, 2.75) is 50.2 Å². The highest BCUT2D eigenvalue weighted by Crippen LogP contribution is 2.30. The van der Waals surface area contributed by atoms with Crippen LogP contribution in [0.3, 0.4) is 0 Å². The van der Waals surface area contributed by atoms with Crippen molar-refractivity contribution in [2.75, 3.05) is 11.5 Å². The number of carboxylic acids is 1. The fourth-order valence-electron chi connectivity index (χ4n) is 2.82. The molecule has 0 radical (unpaired) electrons. The first kappa shape index (κ1) is 14.6. The number of carbonyl (C=O) groups is 2. The van der Waals surface area contributed by atoms with Gasteiger partial charge in [0.05, 0.1) is 0 Å². The highest BCUT2D eigenvalue weighted by atomic mass is 32.2. The standard InChI is InChI=1S/C13H20FNO3S/c14-10-3-1-2-9(8-10)11(16)15-13(12(17)18)4-6-19-7-5-13/h9-10H,1-8H2,(H,15,16)(H,17,18). The van der Waals surface area contributed by atoms with E-state index in [4.69, 9.17) is 0 Å². The minimum atomic E-state index is -1.13. The Hall–Kier alpha value is -0.780. The molecule has 2 fully saturated rings. The van der Waals surface area contributed by atoms with Crippen LogP contribution in [0.5, 0.6) is 0 Å². The Bertz CT molecular complexity index is 358. The minimum Gasteiger partial charge on any atom is -0.480 e. The van der Waals surface area contributed by atoms with Gasteiger partial charge in [0.15, 0.2) is 0 Å². The number of carboxylic acid groups (broad SMARTS) is 1. The molecule has 2 unspecified atom stereocenters. The topological polar surface area (TPSA) is 66.4 Å². The number of nitrogens with one attached hydrogen (secondary N) is 1. The summed E-state index contributed by atoms with van der Waals surface area (Å²) in [5.41, 5.74) is -1.13. The molecule has 6 heteroatoms. The van der Waals surface area contributed by atoms with E-state index in [1.807, 2.05) is 0 Å². The third-order valence-corrected chi connectivity index (χ3v) is 5.08. The molecule has 2 atom stereocenters. The zero-order valence-electron chi connectivity index (χ0n) is 10.9. The largest absolute Gasteiger partial charge is 0.480 e. The lowest BCUT2D eigenvalue weighted by Gasteiger charge is -2.35. The Morgan fingerprint density at radius 2 is 1.95 bits per heavy atom. The van der Waals surface area contributed by atoms with Crippen molar-refractivity contribution < 1.29 is 19.1 Å². The van der Waals surface area contributed by atoms with Crippen molar-refractivity contribution in [3.05, 3.63) is 0 Å². The van der Waals surface area contributed by atoms with E-state index in [1.54, 1.807) is 11.8 Å². The zero-order valence-corrected chi connectivity index (χ0v) is 11.7. The molecule has 0 bridgehead atoms. The summed E-state index contributed by atoms with van der Waals surface area (Å²) in [6.45, 7) is 0. The predicted octanol–water partition coefficient (Wildman–Crippen LogP) is 1.98. The summed E-state index contributed by atoms with van der Waals surface area (Å²) in [4.78, 5) is 23.6. The number of halogens is 1. The maximum atomic E-state index is 13.3. The van der Waals surface area contributed by atoms with Gasteiger partial charge in [-0.3, -0.25) is 4.79 Å². The Balaban J connectivity index is 2.00. The van der Waals surface area contributed by atoms with Crippen LogP contribution in [-0.2, 0) is 9.59 Å². The van der Waals surface area contributed by atoms with E-state index in [9.17, 15) is 19.1 Å². The molecule has 108 valence electrons. The Labute approximate surface area is 116 Å². The lowest BCUT2D eigenvalue weighted by molar-refractivity contribution is -0.149. The first-order chi connectivity index (χ1) is 9.03. The second kappa shape index (κ2) is 6.11. The number of hydrogen-bond donors (Lipinski definition) is 2.